The van der Waals surface area contributed by atoms with Gasteiger partial charge in [-0.3, -0.25) is 4.79 Å². The molecule has 1 heterocycles. The van der Waals surface area contributed by atoms with Gasteiger partial charge in [0, 0.05) is 18.3 Å². The minimum absolute atomic E-state index is 0.0487. The molecular weight excluding hydrogens is 228 g/mol. The van der Waals surface area contributed by atoms with Gasteiger partial charge in [-0.25, -0.2) is 0 Å². The average Bonchev–Trinajstić information content (AvgIpc) is 2.84. The molecule has 1 aromatic rings. The predicted octanol–water partition coefficient (Wildman–Crippen LogP) is 1.69. The number of anilines is 1. The maximum atomic E-state index is 11.8. The first kappa shape index (κ1) is 13.1. The van der Waals surface area contributed by atoms with Crippen molar-refractivity contribution in [3.05, 3.63) is 29.8 Å². The molecule has 1 fully saturated rings. The Morgan fingerprint density at radius 3 is 2.78 bits per heavy atom. The lowest BCUT2D eigenvalue weighted by atomic mass is 10.1. The van der Waals surface area contributed by atoms with Crippen LogP contribution in [0, 0.1) is 0 Å². The molecule has 0 spiro atoms. The fraction of sp³-hybridized carbons (Fsp3) is 0.500. The largest absolute Gasteiger partial charge is 0.368 e. The highest BCUT2D eigenvalue weighted by Gasteiger charge is 2.23. The first-order chi connectivity index (χ1) is 8.65. The number of rotatable bonds is 4. The van der Waals surface area contributed by atoms with Gasteiger partial charge in [0.05, 0.1) is 0 Å². The Morgan fingerprint density at radius 2 is 2.22 bits per heavy atom. The second-order valence-electron chi connectivity index (χ2n) is 4.87. The third kappa shape index (κ3) is 3.55. The molecule has 4 nitrogen and oxygen atoms in total. The minimum atomic E-state index is -0.284. The van der Waals surface area contributed by atoms with E-state index in [0.29, 0.717) is 6.61 Å². The fourth-order valence-corrected chi connectivity index (χ4v) is 2.10. The SMILES string of the molecule is CC(N)Cc1ccc(NC(=O)C2CCCO2)cc1. The lowest BCUT2D eigenvalue weighted by molar-refractivity contribution is -0.124. The molecule has 1 aromatic carbocycles. The van der Waals surface area contributed by atoms with Crippen LogP contribution in [-0.2, 0) is 16.0 Å². The molecule has 0 bridgehead atoms. The molecule has 0 aliphatic carbocycles. The topological polar surface area (TPSA) is 64.3 Å². The summed E-state index contributed by atoms with van der Waals surface area (Å²) in [5.74, 6) is -0.0487. The van der Waals surface area contributed by atoms with Gasteiger partial charge in [0.15, 0.2) is 0 Å². The van der Waals surface area contributed by atoms with Crippen LogP contribution in [0.25, 0.3) is 0 Å². The maximum absolute atomic E-state index is 11.8. The quantitative estimate of drug-likeness (QED) is 0.852. The number of nitrogens with two attached hydrogens (primary N) is 1. The van der Waals surface area contributed by atoms with E-state index in [-0.39, 0.29) is 18.1 Å². The summed E-state index contributed by atoms with van der Waals surface area (Å²) in [5.41, 5.74) is 7.73. The van der Waals surface area contributed by atoms with Crippen LogP contribution in [0.4, 0.5) is 5.69 Å². The van der Waals surface area contributed by atoms with E-state index in [0.717, 1.165) is 24.9 Å². The smallest absolute Gasteiger partial charge is 0.253 e. The van der Waals surface area contributed by atoms with E-state index < -0.39 is 0 Å². The lowest BCUT2D eigenvalue weighted by Crippen LogP contribution is -2.26. The van der Waals surface area contributed by atoms with Crippen molar-refractivity contribution in [2.24, 2.45) is 5.73 Å². The van der Waals surface area contributed by atoms with Crippen molar-refractivity contribution in [3.63, 3.8) is 0 Å². The fourth-order valence-electron chi connectivity index (χ4n) is 2.10. The van der Waals surface area contributed by atoms with Gasteiger partial charge in [-0.2, -0.15) is 0 Å². The third-order valence-corrected chi connectivity index (χ3v) is 3.00. The van der Waals surface area contributed by atoms with Crippen molar-refractivity contribution >= 4 is 11.6 Å². The van der Waals surface area contributed by atoms with E-state index in [2.05, 4.69) is 5.32 Å². The van der Waals surface area contributed by atoms with Gasteiger partial charge < -0.3 is 15.8 Å². The molecule has 1 saturated heterocycles. The summed E-state index contributed by atoms with van der Waals surface area (Å²) in [7, 11) is 0. The molecule has 98 valence electrons. The first-order valence-corrected chi connectivity index (χ1v) is 6.42. The van der Waals surface area contributed by atoms with Crippen molar-refractivity contribution < 1.29 is 9.53 Å². The number of nitrogens with one attached hydrogen (secondary N) is 1. The highest BCUT2D eigenvalue weighted by Crippen LogP contribution is 2.16. The maximum Gasteiger partial charge on any atom is 0.253 e. The molecule has 18 heavy (non-hydrogen) atoms. The molecule has 2 unspecified atom stereocenters. The van der Waals surface area contributed by atoms with E-state index in [4.69, 9.17) is 10.5 Å². The van der Waals surface area contributed by atoms with Gasteiger partial charge in [-0.15, -0.1) is 0 Å². The molecule has 1 amide bonds. The Labute approximate surface area is 108 Å². The zero-order valence-electron chi connectivity index (χ0n) is 10.7. The Kier molecular flexibility index (Phi) is 4.33. The van der Waals surface area contributed by atoms with Crippen LogP contribution in [0.1, 0.15) is 25.3 Å². The number of benzene rings is 1. The number of ether oxygens (including phenoxy) is 1. The lowest BCUT2D eigenvalue weighted by Gasteiger charge is -2.11. The van der Waals surface area contributed by atoms with E-state index in [1.54, 1.807) is 0 Å². The van der Waals surface area contributed by atoms with Gasteiger partial charge in [0.25, 0.3) is 5.91 Å². The number of carbonyl (C=O) groups excluding carboxylic acids is 1. The summed E-state index contributed by atoms with van der Waals surface area (Å²) in [5, 5.41) is 2.87. The second kappa shape index (κ2) is 5.98. The molecule has 2 rings (SSSR count). The van der Waals surface area contributed by atoms with Gasteiger partial charge in [-0.1, -0.05) is 12.1 Å². The molecule has 0 radical (unpaired) electrons. The van der Waals surface area contributed by atoms with Gasteiger partial charge in [-0.05, 0) is 43.9 Å². The Balaban J connectivity index is 1.91. The molecule has 0 saturated carbocycles. The number of hydrogen-bond acceptors (Lipinski definition) is 3. The highest BCUT2D eigenvalue weighted by atomic mass is 16.5. The summed E-state index contributed by atoms with van der Waals surface area (Å²) < 4.78 is 5.33. The highest BCUT2D eigenvalue weighted by molar-refractivity contribution is 5.94. The van der Waals surface area contributed by atoms with E-state index >= 15 is 0 Å². The van der Waals surface area contributed by atoms with Gasteiger partial charge in [0.2, 0.25) is 0 Å². The number of carbonyl (C=O) groups is 1. The van der Waals surface area contributed by atoms with Crippen LogP contribution in [0.15, 0.2) is 24.3 Å². The minimum Gasteiger partial charge on any atom is -0.368 e. The number of hydrogen-bond donors (Lipinski definition) is 2. The molecule has 4 heteroatoms. The summed E-state index contributed by atoms with van der Waals surface area (Å²) in [6.45, 7) is 2.67. The molecule has 1 aliphatic heterocycles. The van der Waals surface area contributed by atoms with Crippen LogP contribution in [0.3, 0.4) is 0 Å². The molecule has 1 aliphatic rings. The number of amides is 1. The summed E-state index contributed by atoms with van der Waals surface area (Å²) in [6, 6.07) is 7.95. The Hall–Kier alpha value is -1.39. The van der Waals surface area contributed by atoms with Crippen LogP contribution in [0.2, 0.25) is 0 Å². The molecular formula is C14H20N2O2. The Morgan fingerprint density at radius 1 is 1.50 bits per heavy atom. The van der Waals surface area contributed by atoms with Crippen LogP contribution in [0.5, 0.6) is 0 Å². The standard InChI is InChI=1S/C14H20N2O2/c1-10(15)9-11-4-6-12(7-5-11)16-14(17)13-3-2-8-18-13/h4-7,10,13H,2-3,8-9,15H2,1H3,(H,16,17). The van der Waals surface area contributed by atoms with Crippen molar-refractivity contribution in [2.75, 3.05) is 11.9 Å². The molecule has 3 N–H and O–H groups in total. The molecule has 2 atom stereocenters. The second-order valence-corrected chi connectivity index (χ2v) is 4.87. The first-order valence-electron chi connectivity index (χ1n) is 6.42. The van der Waals surface area contributed by atoms with Gasteiger partial charge >= 0.3 is 0 Å². The summed E-state index contributed by atoms with van der Waals surface area (Å²) >= 11 is 0. The summed E-state index contributed by atoms with van der Waals surface area (Å²) in [4.78, 5) is 11.8. The van der Waals surface area contributed by atoms with Crippen molar-refractivity contribution in [2.45, 2.75) is 38.3 Å². The van der Waals surface area contributed by atoms with Crippen molar-refractivity contribution in [1.82, 2.24) is 0 Å². The van der Waals surface area contributed by atoms with Crippen LogP contribution in [-0.4, -0.2) is 24.7 Å². The zero-order valence-corrected chi connectivity index (χ0v) is 10.7. The van der Waals surface area contributed by atoms with Gasteiger partial charge in [0.1, 0.15) is 6.10 Å². The normalized spacial score (nSPS) is 20.7. The zero-order chi connectivity index (χ0) is 13.0. The van der Waals surface area contributed by atoms with E-state index in [9.17, 15) is 4.79 Å². The van der Waals surface area contributed by atoms with Crippen molar-refractivity contribution in [3.8, 4) is 0 Å². The van der Waals surface area contributed by atoms with E-state index in [1.807, 2.05) is 31.2 Å². The predicted molar refractivity (Wildman–Crippen MR) is 71.4 cm³/mol. The van der Waals surface area contributed by atoms with Crippen LogP contribution < -0.4 is 11.1 Å². The third-order valence-electron chi connectivity index (χ3n) is 3.00. The Bertz CT molecular complexity index is 395. The van der Waals surface area contributed by atoms with Crippen molar-refractivity contribution in [1.29, 1.82) is 0 Å². The summed E-state index contributed by atoms with van der Waals surface area (Å²) in [6.07, 6.45) is 2.34. The van der Waals surface area contributed by atoms with E-state index in [1.165, 1.54) is 5.56 Å². The molecule has 0 aromatic heterocycles. The van der Waals surface area contributed by atoms with Crippen LogP contribution >= 0.6 is 0 Å². The monoisotopic (exact) mass is 248 g/mol. The average molecular weight is 248 g/mol.